The van der Waals surface area contributed by atoms with Gasteiger partial charge >= 0.3 is 0 Å². The third-order valence-electron chi connectivity index (χ3n) is 5.04. The smallest absolute Gasteiger partial charge is 0.241 e. The predicted molar refractivity (Wildman–Crippen MR) is 102 cm³/mol. The van der Waals surface area contributed by atoms with Crippen LogP contribution in [0.3, 0.4) is 0 Å². The summed E-state index contributed by atoms with van der Waals surface area (Å²) < 4.78 is 0. The SMILES string of the molecule is CC1(CN)CCN(CC(=O)N(Cc2ccccc2)c2ccccc2)C1. The Morgan fingerprint density at radius 2 is 1.76 bits per heavy atom. The second-order valence-corrected chi connectivity index (χ2v) is 7.28. The molecule has 0 spiro atoms. The molecule has 1 saturated heterocycles. The maximum absolute atomic E-state index is 13.1. The van der Waals surface area contributed by atoms with Crippen LogP contribution < -0.4 is 10.6 Å². The molecule has 1 aliphatic rings. The Labute approximate surface area is 150 Å². The van der Waals surface area contributed by atoms with E-state index in [-0.39, 0.29) is 11.3 Å². The molecule has 132 valence electrons. The van der Waals surface area contributed by atoms with Gasteiger partial charge in [0.05, 0.1) is 13.1 Å². The summed E-state index contributed by atoms with van der Waals surface area (Å²) in [6.45, 7) is 5.74. The first-order valence-electron chi connectivity index (χ1n) is 8.91. The maximum atomic E-state index is 13.1. The fraction of sp³-hybridized carbons (Fsp3) is 0.381. The standard InChI is InChI=1S/C21H27N3O/c1-21(16-22)12-13-23(17-21)15-20(25)24(19-10-6-3-7-11-19)14-18-8-4-2-5-9-18/h2-11H,12-17,22H2,1H3. The van der Waals surface area contributed by atoms with Crippen molar-refractivity contribution in [2.45, 2.75) is 19.9 Å². The highest BCUT2D eigenvalue weighted by Crippen LogP contribution is 2.28. The number of hydrogen-bond donors (Lipinski definition) is 1. The van der Waals surface area contributed by atoms with E-state index >= 15 is 0 Å². The molecule has 0 bridgehead atoms. The zero-order chi connectivity index (χ0) is 17.7. The van der Waals surface area contributed by atoms with E-state index in [0.29, 0.717) is 19.6 Å². The van der Waals surface area contributed by atoms with Gasteiger partial charge in [-0.2, -0.15) is 0 Å². The van der Waals surface area contributed by atoms with Crippen molar-refractivity contribution in [1.82, 2.24) is 4.90 Å². The Morgan fingerprint density at radius 1 is 1.12 bits per heavy atom. The van der Waals surface area contributed by atoms with Crippen LogP contribution in [-0.4, -0.2) is 37.0 Å². The summed E-state index contributed by atoms with van der Waals surface area (Å²) in [5, 5.41) is 0. The van der Waals surface area contributed by atoms with Crippen LogP contribution in [0.15, 0.2) is 60.7 Å². The average molecular weight is 337 g/mol. The summed E-state index contributed by atoms with van der Waals surface area (Å²) in [5.74, 6) is 0.135. The van der Waals surface area contributed by atoms with Gasteiger partial charge in [-0.15, -0.1) is 0 Å². The van der Waals surface area contributed by atoms with Gasteiger partial charge in [-0.3, -0.25) is 9.69 Å². The van der Waals surface area contributed by atoms with Gasteiger partial charge in [-0.1, -0.05) is 55.5 Å². The highest BCUT2D eigenvalue weighted by molar-refractivity contribution is 5.94. The lowest BCUT2D eigenvalue weighted by atomic mass is 9.90. The van der Waals surface area contributed by atoms with Crippen molar-refractivity contribution >= 4 is 11.6 Å². The minimum atomic E-state index is 0.135. The Bertz CT molecular complexity index is 689. The highest BCUT2D eigenvalue weighted by atomic mass is 16.2. The van der Waals surface area contributed by atoms with Crippen molar-refractivity contribution in [3.63, 3.8) is 0 Å². The van der Waals surface area contributed by atoms with E-state index in [9.17, 15) is 4.79 Å². The van der Waals surface area contributed by atoms with E-state index in [0.717, 1.165) is 30.8 Å². The Kier molecular flexibility index (Phi) is 5.51. The van der Waals surface area contributed by atoms with Crippen molar-refractivity contribution in [2.75, 3.05) is 31.1 Å². The monoisotopic (exact) mass is 337 g/mol. The molecule has 1 amide bonds. The molecule has 2 N–H and O–H groups in total. The Balaban J connectivity index is 1.74. The molecule has 1 fully saturated rings. The van der Waals surface area contributed by atoms with Crippen molar-refractivity contribution in [2.24, 2.45) is 11.1 Å². The highest BCUT2D eigenvalue weighted by Gasteiger charge is 2.33. The van der Waals surface area contributed by atoms with E-state index in [1.807, 2.05) is 53.4 Å². The molecule has 1 atom stereocenters. The molecule has 0 aliphatic carbocycles. The molecule has 0 aromatic heterocycles. The average Bonchev–Trinajstić information content (AvgIpc) is 3.02. The van der Waals surface area contributed by atoms with Crippen LogP contribution in [0.1, 0.15) is 18.9 Å². The van der Waals surface area contributed by atoms with Gasteiger partial charge in [0.1, 0.15) is 0 Å². The van der Waals surface area contributed by atoms with Gasteiger partial charge in [0.2, 0.25) is 5.91 Å². The van der Waals surface area contributed by atoms with E-state index in [1.165, 1.54) is 0 Å². The topological polar surface area (TPSA) is 49.6 Å². The normalized spacial score (nSPS) is 20.6. The number of amides is 1. The molecule has 4 heteroatoms. The summed E-state index contributed by atoms with van der Waals surface area (Å²) >= 11 is 0. The minimum absolute atomic E-state index is 0.135. The number of likely N-dealkylation sites (tertiary alicyclic amines) is 1. The lowest BCUT2D eigenvalue weighted by molar-refractivity contribution is -0.119. The molecular formula is C21H27N3O. The van der Waals surface area contributed by atoms with Crippen LogP contribution in [0.25, 0.3) is 0 Å². The zero-order valence-corrected chi connectivity index (χ0v) is 14.9. The molecule has 0 saturated carbocycles. The summed E-state index contributed by atoms with van der Waals surface area (Å²) in [6, 6.07) is 20.0. The number of nitrogens with zero attached hydrogens (tertiary/aromatic N) is 2. The van der Waals surface area contributed by atoms with Crippen molar-refractivity contribution in [3.8, 4) is 0 Å². The summed E-state index contributed by atoms with van der Waals surface area (Å²) in [7, 11) is 0. The van der Waals surface area contributed by atoms with E-state index in [4.69, 9.17) is 5.73 Å². The first kappa shape index (κ1) is 17.6. The molecule has 25 heavy (non-hydrogen) atoms. The van der Waals surface area contributed by atoms with E-state index in [1.54, 1.807) is 0 Å². The largest absolute Gasteiger partial charge is 0.330 e. The number of para-hydroxylation sites is 1. The quantitative estimate of drug-likeness (QED) is 0.882. The number of hydrogen-bond acceptors (Lipinski definition) is 3. The van der Waals surface area contributed by atoms with Crippen molar-refractivity contribution in [1.29, 1.82) is 0 Å². The minimum Gasteiger partial charge on any atom is -0.330 e. The molecule has 3 rings (SSSR count). The lowest BCUT2D eigenvalue weighted by Crippen LogP contribution is -2.40. The van der Waals surface area contributed by atoms with Gasteiger partial charge in [0, 0.05) is 12.2 Å². The molecule has 2 aromatic rings. The van der Waals surface area contributed by atoms with Crippen LogP contribution in [0.5, 0.6) is 0 Å². The molecular weight excluding hydrogens is 310 g/mol. The van der Waals surface area contributed by atoms with Crippen molar-refractivity contribution < 1.29 is 4.79 Å². The van der Waals surface area contributed by atoms with E-state index < -0.39 is 0 Å². The molecule has 1 aliphatic heterocycles. The van der Waals surface area contributed by atoms with Crippen LogP contribution in [0.4, 0.5) is 5.69 Å². The zero-order valence-electron chi connectivity index (χ0n) is 14.9. The third-order valence-corrected chi connectivity index (χ3v) is 5.04. The molecule has 4 nitrogen and oxygen atoms in total. The van der Waals surface area contributed by atoms with Gasteiger partial charge in [-0.05, 0) is 42.6 Å². The van der Waals surface area contributed by atoms with Gasteiger partial charge in [0.25, 0.3) is 0 Å². The number of anilines is 1. The summed E-state index contributed by atoms with van der Waals surface area (Å²) in [4.78, 5) is 17.2. The number of carbonyl (C=O) groups is 1. The van der Waals surface area contributed by atoms with Gasteiger partial charge in [-0.25, -0.2) is 0 Å². The van der Waals surface area contributed by atoms with Gasteiger partial charge < -0.3 is 10.6 Å². The summed E-state index contributed by atoms with van der Waals surface area (Å²) in [6.07, 6.45) is 1.06. The van der Waals surface area contributed by atoms with Crippen LogP contribution in [-0.2, 0) is 11.3 Å². The third kappa shape index (κ3) is 4.47. The van der Waals surface area contributed by atoms with Crippen LogP contribution in [0.2, 0.25) is 0 Å². The fourth-order valence-electron chi connectivity index (χ4n) is 3.40. The van der Waals surface area contributed by atoms with Gasteiger partial charge in [0.15, 0.2) is 0 Å². The molecule has 0 radical (unpaired) electrons. The van der Waals surface area contributed by atoms with Crippen LogP contribution >= 0.6 is 0 Å². The maximum Gasteiger partial charge on any atom is 0.241 e. The van der Waals surface area contributed by atoms with E-state index in [2.05, 4.69) is 24.0 Å². The summed E-state index contributed by atoms with van der Waals surface area (Å²) in [5.41, 5.74) is 8.10. The first-order chi connectivity index (χ1) is 12.1. The molecule has 1 unspecified atom stereocenters. The fourth-order valence-corrected chi connectivity index (χ4v) is 3.40. The number of nitrogens with two attached hydrogens (primary N) is 1. The first-order valence-corrected chi connectivity index (χ1v) is 8.91. The number of rotatable bonds is 6. The second-order valence-electron chi connectivity index (χ2n) is 7.28. The number of benzene rings is 2. The molecule has 2 aromatic carbocycles. The number of carbonyl (C=O) groups excluding carboxylic acids is 1. The lowest BCUT2D eigenvalue weighted by Gasteiger charge is -2.27. The Morgan fingerprint density at radius 3 is 2.36 bits per heavy atom. The van der Waals surface area contributed by atoms with Crippen LogP contribution in [0, 0.1) is 5.41 Å². The Hall–Kier alpha value is -2.17. The predicted octanol–water partition coefficient (Wildman–Crippen LogP) is 2.89. The van der Waals surface area contributed by atoms with Crippen molar-refractivity contribution in [3.05, 3.63) is 66.2 Å². The second kappa shape index (κ2) is 7.81. The molecule has 1 heterocycles.